The average molecular weight is 212 g/mol. The number of rotatable bonds is 5. The highest BCUT2D eigenvalue weighted by atomic mass is 16.2. The SMILES string of the molecule is CB(O)CCC[C@H]1CNC[C@@H]1NC(C)=O. The summed E-state index contributed by atoms with van der Waals surface area (Å²) in [6.07, 6.45) is 2.95. The number of hydrogen-bond donors (Lipinski definition) is 3. The quantitative estimate of drug-likeness (QED) is 0.566. The van der Waals surface area contributed by atoms with Gasteiger partial charge in [-0.3, -0.25) is 4.79 Å². The van der Waals surface area contributed by atoms with Crippen molar-refractivity contribution in [3.05, 3.63) is 0 Å². The van der Waals surface area contributed by atoms with Crippen LogP contribution in [0.1, 0.15) is 19.8 Å². The van der Waals surface area contributed by atoms with E-state index in [0.29, 0.717) is 5.92 Å². The fourth-order valence-electron chi connectivity index (χ4n) is 2.14. The molecule has 0 unspecified atom stereocenters. The maximum atomic E-state index is 10.9. The molecular weight excluding hydrogens is 191 g/mol. The Labute approximate surface area is 91.9 Å². The van der Waals surface area contributed by atoms with Gasteiger partial charge in [-0.05, 0) is 18.7 Å². The van der Waals surface area contributed by atoms with Crippen molar-refractivity contribution >= 4 is 12.8 Å². The van der Waals surface area contributed by atoms with Crippen molar-refractivity contribution in [1.29, 1.82) is 0 Å². The minimum Gasteiger partial charge on any atom is -0.451 e. The van der Waals surface area contributed by atoms with Gasteiger partial charge in [0, 0.05) is 26.1 Å². The predicted octanol–water partition coefficient (Wildman–Crippen LogP) is 0.104. The van der Waals surface area contributed by atoms with Gasteiger partial charge in [-0.25, -0.2) is 0 Å². The van der Waals surface area contributed by atoms with Crippen molar-refractivity contribution in [1.82, 2.24) is 10.6 Å². The van der Waals surface area contributed by atoms with Crippen LogP contribution in [-0.2, 0) is 4.79 Å². The van der Waals surface area contributed by atoms with Crippen LogP contribution >= 0.6 is 0 Å². The van der Waals surface area contributed by atoms with E-state index in [9.17, 15) is 4.79 Å². The topological polar surface area (TPSA) is 61.4 Å². The highest BCUT2D eigenvalue weighted by Crippen LogP contribution is 2.17. The summed E-state index contributed by atoms with van der Waals surface area (Å²) in [5.74, 6) is 0.567. The first-order valence-corrected chi connectivity index (χ1v) is 5.75. The van der Waals surface area contributed by atoms with E-state index in [4.69, 9.17) is 5.02 Å². The molecule has 0 bridgehead atoms. The summed E-state index contributed by atoms with van der Waals surface area (Å²) in [7, 11) is 0. The molecule has 0 aromatic rings. The third-order valence-corrected chi connectivity index (χ3v) is 2.93. The Morgan fingerprint density at radius 3 is 2.93 bits per heavy atom. The molecule has 86 valence electrons. The second-order valence-electron chi connectivity index (χ2n) is 4.51. The highest BCUT2D eigenvalue weighted by Gasteiger charge is 2.27. The monoisotopic (exact) mass is 212 g/mol. The molecule has 1 aliphatic rings. The summed E-state index contributed by atoms with van der Waals surface area (Å²) in [5.41, 5.74) is 0. The lowest BCUT2D eigenvalue weighted by Gasteiger charge is -2.19. The van der Waals surface area contributed by atoms with Crippen LogP contribution < -0.4 is 10.6 Å². The van der Waals surface area contributed by atoms with Gasteiger partial charge in [-0.2, -0.15) is 0 Å². The van der Waals surface area contributed by atoms with Crippen LogP contribution in [0.15, 0.2) is 0 Å². The minimum atomic E-state index is -0.210. The van der Waals surface area contributed by atoms with Gasteiger partial charge in [0.25, 0.3) is 6.92 Å². The van der Waals surface area contributed by atoms with Crippen LogP contribution in [-0.4, -0.2) is 37.0 Å². The number of amides is 1. The van der Waals surface area contributed by atoms with Crippen molar-refractivity contribution in [2.24, 2.45) is 5.92 Å². The van der Waals surface area contributed by atoms with E-state index in [1.165, 1.54) is 0 Å². The molecule has 0 aromatic heterocycles. The van der Waals surface area contributed by atoms with E-state index < -0.39 is 0 Å². The average Bonchev–Trinajstić information content (AvgIpc) is 2.51. The van der Waals surface area contributed by atoms with E-state index >= 15 is 0 Å². The van der Waals surface area contributed by atoms with Crippen LogP contribution in [0.4, 0.5) is 0 Å². The maximum Gasteiger partial charge on any atom is 0.285 e. The Morgan fingerprint density at radius 2 is 2.33 bits per heavy atom. The van der Waals surface area contributed by atoms with Gasteiger partial charge in [0.2, 0.25) is 5.91 Å². The lowest BCUT2D eigenvalue weighted by atomic mass is 9.66. The number of hydrogen-bond acceptors (Lipinski definition) is 3. The van der Waals surface area contributed by atoms with Gasteiger partial charge < -0.3 is 15.7 Å². The Balaban J connectivity index is 2.24. The van der Waals surface area contributed by atoms with Gasteiger partial charge >= 0.3 is 0 Å². The molecule has 1 amide bonds. The molecule has 2 atom stereocenters. The van der Waals surface area contributed by atoms with Crippen LogP contribution in [0.2, 0.25) is 13.1 Å². The molecule has 5 heteroatoms. The summed E-state index contributed by atoms with van der Waals surface area (Å²) in [6, 6.07) is 0.275. The lowest BCUT2D eigenvalue weighted by molar-refractivity contribution is -0.119. The maximum absolute atomic E-state index is 10.9. The lowest BCUT2D eigenvalue weighted by Crippen LogP contribution is -2.39. The molecule has 1 rings (SSSR count). The molecule has 0 aromatic carbocycles. The standard InChI is InChI=1S/C10H21BN2O2/c1-8(14)13-10-7-12-6-9(10)4-3-5-11(2)15/h9-10,12,15H,3-7H2,1-2H3,(H,13,14)/t9-,10-/m0/s1. The van der Waals surface area contributed by atoms with Crippen molar-refractivity contribution in [2.75, 3.05) is 13.1 Å². The molecular formula is C10H21BN2O2. The van der Waals surface area contributed by atoms with E-state index in [2.05, 4.69) is 10.6 Å². The Hall–Kier alpha value is -0.545. The van der Waals surface area contributed by atoms with Gasteiger partial charge in [-0.1, -0.05) is 13.2 Å². The highest BCUT2D eigenvalue weighted by molar-refractivity contribution is 6.48. The Morgan fingerprint density at radius 1 is 1.60 bits per heavy atom. The zero-order valence-corrected chi connectivity index (χ0v) is 9.62. The second kappa shape index (κ2) is 6.13. The molecule has 0 spiro atoms. The fourth-order valence-corrected chi connectivity index (χ4v) is 2.14. The fraction of sp³-hybridized carbons (Fsp3) is 0.900. The summed E-state index contributed by atoms with van der Waals surface area (Å²) in [5, 5.41) is 15.4. The molecule has 1 heterocycles. The Kier molecular flexibility index (Phi) is 5.12. The molecule has 15 heavy (non-hydrogen) atoms. The van der Waals surface area contributed by atoms with E-state index in [1.54, 1.807) is 6.92 Å². The minimum absolute atomic E-state index is 0.0456. The molecule has 3 N–H and O–H groups in total. The van der Waals surface area contributed by atoms with Crippen molar-refractivity contribution < 1.29 is 9.82 Å². The summed E-state index contributed by atoms with van der Waals surface area (Å²) in [6.45, 7) is 5.02. The zero-order chi connectivity index (χ0) is 11.3. The molecule has 0 saturated carbocycles. The van der Waals surface area contributed by atoms with Gasteiger partial charge in [0.1, 0.15) is 0 Å². The van der Waals surface area contributed by atoms with Crippen LogP contribution in [0, 0.1) is 5.92 Å². The molecule has 4 nitrogen and oxygen atoms in total. The number of carbonyl (C=O) groups excluding carboxylic acids is 1. The largest absolute Gasteiger partial charge is 0.451 e. The van der Waals surface area contributed by atoms with Crippen LogP contribution in [0.3, 0.4) is 0 Å². The van der Waals surface area contributed by atoms with Crippen molar-refractivity contribution in [2.45, 2.75) is 39.0 Å². The van der Waals surface area contributed by atoms with Crippen molar-refractivity contribution in [3.8, 4) is 0 Å². The number of carbonyl (C=O) groups is 1. The summed E-state index contributed by atoms with van der Waals surface area (Å²) < 4.78 is 0. The first-order valence-electron chi connectivity index (χ1n) is 5.75. The molecule has 1 saturated heterocycles. The second-order valence-corrected chi connectivity index (χ2v) is 4.51. The normalized spacial score (nSPS) is 25.3. The van der Waals surface area contributed by atoms with E-state index in [1.807, 2.05) is 6.82 Å². The van der Waals surface area contributed by atoms with Crippen LogP contribution in [0.25, 0.3) is 0 Å². The number of nitrogens with one attached hydrogen (secondary N) is 2. The first kappa shape index (κ1) is 12.5. The van der Waals surface area contributed by atoms with E-state index in [0.717, 1.165) is 32.3 Å². The van der Waals surface area contributed by atoms with Crippen LogP contribution in [0.5, 0.6) is 0 Å². The summed E-state index contributed by atoms with van der Waals surface area (Å²) >= 11 is 0. The van der Waals surface area contributed by atoms with Gasteiger partial charge in [0.15, 0.2) is 0 Å². The Bertz CT molecular complexity index is 212. The van der Waals surface area contributed by atoms with Gasteiger partial charge in [0.05, 0.1) is 0 Å². The predicted molar refractivity (Wildman–Crippen MR) is 61.8 cm³/mol. The third-order valence-electron chi connectivity index (χ3n) is 2.93. The zero-order valence-electron chi connectivity index (χ0n) is 9.62. The van der Waals surface area contributed by atoms with E-state index in [-0.39, 0.29) is 18.9 Å². The molecule has 1 aliphatic heterocycles. The molecule has 0 aliphatic carbocycles. The molecule has 1 fully saturated rings. The van der Waals surface area contributed by atoms with Crippen molar-refractivity contribution in [3.63, 3.8) is 0 Å². The smallest absolute Gasteiger partial charge is 0.285 e. The third kappa shape index (κ3) is 4.66. The van der Waals surface area contributed by atoms with Gasteiger partial charge in [-0.15, -0.1) is 0 Å². The molecule has 0 radical (unpaired) electrons. The first-order chi connectivity index (χ1) is 7.09. The summed E-state index contributed by atoms with van der Waals surface area (Å²) in [4.78, 5) is 10.9.